The van der Waals surface area contributed by atoms with Crippen LogP contribution in [0.5, 0.6) is 0 Å². The van der Waals surface area contributed by atoms with Gasteiger partial charge in [-0.3, -0.25) is 9.59 Å². The first-order chi connectivity index (χ1) is 9.00. The molecule has 2 amide bonds. The lowest BCUT2D eigenvalue weighted by Gasteiger charge is -2.34. The lowest BCUT2D eigenvalue weighted by Crippen LogP contribution is -2.57. The number of carbonyl (C=O) groups is 3. The predicted molar refractivity (Wildman–Crippen MR) is 61.0 cm³/mol. The largest absolute Gasteiger partial charge is 0.479 e. The van der Waals surface area contributed by atoms with Crippen LogP contribution < -0.4 is 5.73 Å². The van der Waals surface area contributed by atoms with Crippen LogP contribution in [-0.4, -0.2) is 65.8 Å². The molecule has 19 heavy (non-hydrogen) atoms. The molecule has 2 rings (SSSR count). The predicted octanol–water partition coefficient (Wildman–Crippen LogP) is -1.67. The highest BCUT2D eigenvalue weighted by Gasteiger charge is 2.40. The second kappa shape index (κ2) is 5.54. The number of hydrogen-bond donors (Lipinski definition) is 2. The van der Waals surface area contributed by atoms with Crippen molar-refractivity contribution in [3.8, 4) is 0 Å². The highest BCUT2D eigenvalue weighted by Crippen LogP contribution is 2.23. The maximum atomic E-state index is 12.2. The maximum absolute atomic E-state index is 12.2. The average molecular weight is 272 g/mol. The highest BCUT2D eigenvalue weighted by atomic mass is 16.5. The number of nitrogens with two attached hydrogens (primary N) is 1. The minimum absolute atomic E-state index is 0.0656. The van der Waals surface area contributed by atoms with Crippen LogP contribution in [0, 0.1) is 0 Å². The zero-order chi connectivity index (χ0) is 14.0. The normalized spacial score (nSPS) is 31.2. The Morgan fingerprint density at radius 2 is 1.89 bits per heavy atom. The van der Waals surface area contributed by atoms with Crippen molar-refractivity contribution in [2.24, 2.45) is 5.73 Å². The van der Waals surface area contributed by atoms with Gasteiger partial charge in [0.1, 0.15) is 12.1 Å². The number of morpholine rings is 1. The summed E-state index contributed by atoms with van der Waals surface area (Å²) >= 11 is 0. The van der Waals surface area contributed by atoms with E-state index in [0.29, 0.717) is 13.0 Å². The van der Waals surface area contributed by atoms with E-state index >= 15 is 0 Å². The van der Waals surface area contributed by atoms with E-state index in [0.717, 1.165) is 0 Å². The van der Waals surface area contributed by atoms with Gasteiger partial charge < -0.3 is 25.2 Å². The van der Waals surface area contributed by atoms with E-state index in [1.807, 2.05) is 0 Å². The van der Waals surface area contributed by atoms with Crippen LogP contribution in [0.3, 0.4) is 0 Å². The van der Waals surface area contributed by atoms with Crippen molar-refractivity contribution in [2.75, 3.05) is 19.8 Å². The summed E-state index contributed by atoms with van der Waals surface area (Å²) in [6, 6.07) is -0.811. The van der Waals surface area contributed by atoms with Gasteiger partial charge in [0.05, 0.1) is 13.2 Å². The molecule has 0 bridgehead atoms. The zero-order valence-corrected chi connectivity index (χ0v) is 10.3. The standard InChI is InChI=1S/C11H16N2O6/c12-9(14)6-5-18-4-3-13(6)10(15)7-1-2-8(19-7)11(16)17/h6-8H,1-5H2,(H2,12,14)(H,16,17). The molecular formula is C11H16N2O6. The van der Waals surface area contributed by atoms with E-state index in [2.05, 4.69) is 0 Å². The van der Waals surface area contributed by atoms with Crippen molar-refractivity contribution < 1.29 is 29.0 Å². The van der Waals surface area contributed by atoms with Crippen LogP contribution in [0.1, 0.15) is 12.8 Å². The first-order valence-corrected chi connectivity index (χ1v) is 6.06. The summed E-state index contributed by atoms with van der Waals surface area (Å²) in [5.41, 5.74) is 5.22. The minimum atomic E-state index is -1.08. The number of ether oxygens (including phenoxy) is 2. The minimum Gasteiger partial charge on any atom is -0.479 e. The van der Waals surface area contributed by atoms with E-state index in [9.17, 15) is 14.4 Å². The fourth-order valence-electron chi connectivity index (χ4n) is 2.29. The number of aliphatic carboxylic acids is 1. The van der Waals surface area contributed by atoms with E-state index < -0.39 is 36.0 Å². The summed E-state index contributed by atoms with van der Waals surface area (Å²) in [4.78, 5) is 35.6. The van der Waals surface area contributed by atoms with Crippen LogP contribution in [0.4, 0.5) is 0 Å². The number of carboxylic acids is 1. The molecule has 0 saturated carbocycles. The maximum Gasteiger partial charge on any atom is 0.332 e. The average Bonchev–Trinajstić information content (AvgIpc) is 2.87. The third-order valence-corrected chi connectivity index (χ3v) is 3.31. The molecule has 3 N–H and O–H groups in total. The van der Waals surface area contributed by atoms with Gasteiger partial charge in [-0.15, -0.1) is 0 Å². The number of primary amides is 1. The Kier molecular flexibility index (Phi) is 4.01. The summed E-state index contributed by atoms with van der Waals surface area (Å²) in [5, 5.41) is 8.82. The Balaban J connectivity index is 2.02. The molecule has 2 heterocycles. The Bertz CT molecular complexity index is 399. The molecule has 3 atom stereocenters. The molecule has 2 saturated heterocycles. The smallest absolute Gasteiger partial charge is 0.332 e. The van der Waals surface area contributed by atoms with Gasteiger partial charge in [-0.25, -0.2) is 4.79 Å². The van der Waals surface area contributed by atoms with Gasteiger partial charge in [0.2, 0.25) is 5.91 Å². The Morgan fingerprint density at radius 3 is 2.47 bits per heavy atom. The second-order valence-electron chi connectivity index (χ2n) is 4.55. The molecular weight excluding hydrogens is 256 g/mol. The molecule has 3 unspecified atom stereocenters. The fraction of sp³-hybridized carbons (Fsp3) is 0.727. The molecule has 0 aromatic carbocycles. The number of nitrogens with zero attached hydrogens (tertiary/aromatic N) is 1. The quantitative estimate of drug-likeness (QED) is 0.634. The molecule has 0 aromatic rings. The van der Waals surface area contributed by atoms with Crippen molar-refractivity contribution in [1.29, 1.82) is 0 Å². The molecule has 0 spiro atoms. The Morgan fingerprint density at radius 1 is 1.21 bits per heavy atom. The van der Waals surface area contributed by atoms with Crippen LogP contribution in [0.25, 0.3) is 0 Å². The topological polar surface area (TPSA) is 119 Å². The van der Waals surface area contributed by atoms with E-state index in [1.165, 1.54) is 4.90 Å². The van der Waals surface area contributed by atoms with E-state index in [-0.39, 0.29) is 19.6 Å². The Hall–Kier alpha value is -1.67. The summed E-state index contributed by atoms with van der Waals surface area (Å²) in [6.45, 7) is 0.644. The highest BCUT2D eigenvalue weighted by molar-refractivity contribution is 5.89. The third-order valence-electron chi connectivity index (χ3n) is 3.31. The van der Waals surface area contributed by atoms with E-state index in [1.54, 1.807) is 0 Å². The number of carbonyl (C=O) groups excluding carboxylic acids is 2. The Labute approximate surface area is 109 Å². The molecule has 0 radical (unpaired) electrons. The molecule has 8 heteroatoms. The second-order valence-corrected chi connectivity index (χ2v) is 4.55. The molecule has 106 valence electrons. The SMILES string of the molecule is NC(=O)C1COCCN1C(=O)C1CCC(C(=O)O)O1. The summed E-state index contributed by atoms with van der Waals surface area (Å²) in [7, 11) is 0. The lowest BCUT2D eigenvalue weighted by atomic mass is 10.1. The lowest BCUT2D eigenvalue weighted by molar-refractivity contribution is -0.161. The molecule has 0 aromatic heterocycles. The van der Waals surface area contributed by atoms with Crippen LogP contribution in [0.15, 0.2) is 0 Å². The molecule has 0 aliphatic carbocycles. The molecule has 2 aliphatic rings. The summed E-state index contributed by atoms with van der Waals surface area (Å²) in [5.74, 6) is -2.11. The third kappa shape index (κ3) is 2.85. The number of hydrogen-bond acceptors (Lipinski definition) is 5. The van der Waals surface area contributed by atoms with Crippen LogP contribution >= 0.6 is 0 Å². The van der Waals surface area contributed by atoms with Gasteiger partial charge in [0.15, 0.2) is 6.10 Å². The van der Waals surface area contributed by atoms with Crippen LogP contribution in [-0.2, 0) is 23.9 Å². The van der Waals surface area contributed by atoms with Crippen molar-refractivity contribution in [1.82, 2.24) is 4.90 Å². The van der Waals surface area contributed by atoms with Crippen molar-refractivity contribution >= 4 is 17.8 Å². The van der Waals surface area contributed by atoms with Crippen molar-refractivity contribution in [2.45, 2.75) is 31.1 Å². The van der Waals surface area contributed by atoms with Crippen molar-refractivity contribution in [3.05, 3.63) is 0 Å². The first kappa shape index (κ1) is 13.8. The molecule has 2 aliphatic heterocycles. The van der Waals surface area contributed by atoms with Gasteiger partial charge in [-0.1, -0.05) is 0 Å². The summed E-state index contributed by atoms with van der Waals surface area (Å²) < 4.78 is 10.3. The van der Waals surface area contributed by atoms with Gasteiger partial charge >= 0.3 is 5.97 Å². The monoisotopic (exact) mass is 272 g/mol. The van der Waals surface area contributed by atoms with Gasteiger partial charge in [0, 0.05) is 6.54 Å². The van der Waals surface area contributed by atoms with Gasteiger partial charge in [-0.05, 0) is 12.8 Å². The van der Waals surface area contributed by atoms with E-state index in [4.69, 9.17) is 20.3 Å². The molecule has 8 nitrogen and oxygen atoms in total. The number of amides is 2. The first-order valence-electron chi connectivity index (χ1n) is 6.06. The van der Waals surface area contributed by atoms with Crippen LogP contribution in [0.2, 0.25) is 0 Å². The van der Waals surface area contributed by atoms with Gasteiger partial charge in [-0.2, -0.15) is 0 Å². The summed E-state index contributed by atoms with van der Waals surface area (Å²) in [6.07, 6.45) is -1.15. The van der Waals surface area contributed by atoms with Crippen molar-refractivity contribution in [3.63, 3.8) is 0 Å². The fourth-order valence-corrected chi connectivity index (χ4v) is 2.29. The molecule has 2 fully saturated rings. The zero-order valence-electron chi connectivity index (χ0n) is 10.3. The number of carboxylic acid groups (broad SMARTS) is 1. The number of rotatable bonds is 3. The van der Waals surface area contributed by atoms with Gasteiger partial charge in [0.25, 0.3) is 5.91 Å².